The van der Waals surface area contributed by atoms with Crippen LogP contribution in [-0.2, 0) is 23.8 Å². The predicted octanol–water partition coefficient (Wildman–Crippen LogP) is 2.35. The summed E-state index contributed by atoms with van der Waals surface area (Å²) in [6, 6.07) is 0. The van der Waals surface area contributed by atoms with Crippen molar-refractivity contribution in [3.8, 4) is 0 Å². The van der Waals surface area contributed by atoms with Gasteiger partial charge in [0.05, 0.1) is 7.11 Å². The Kier molecular flexibility index (Phi) is 3.36. The number of hydrogen-bond acceptors (Lipinski definition) is 5. The molecule has 5 nitrogen and oxygen atoms in total. The molecule has 2 bridgehead atoms. The minimum atomic E-state index is -5.81. The molecule has 9 heteroatoms. The average Bonchev–Trinajstić information content (AvgIpc) is 2.71. The minimum absolute atomic E-state index is 0.191. The molecule has 0 radical (unpaired) electrons. The molecule has 0 N–H and O–H groups in total. The normalized spacial score (nSPS) is 31.0. The molecule has 2 aliphatic rings. The smallest absolute Gasteiger partial charge is 0.468 e. The van der Waals surface area contributed by atoms with Gasteiger partial charge in [-0.3, -0.25) is 4.79 Å². The molecule has 0 aliphatic heterocycles. The van der Waals surface area contributed by atoms with Crippen LogP contribution in [0.4, 0.5) is 13.2 Å². The number of hydrogen-bond donors (Lipinski definition) is 0. The van der Waals surface area contributed by atoms with E-state index >= 15 is 0 Å². The van der Waals surface area contributed by atoms with Gasteiger partial charge < -0.3 is 8.92 Å². The molecule has 0 unspecified atom stereocenters. The fourth-order valence-corrected chi connectivity index (χ4v) is 3.86. The van der Waals surface area contributed by atoms with Gasteiger partial charge in [0.2, 0.25) is 0 Å². The van der Waals surface area contributed by atoms with Crippen molar-refractivity contribution < 1.29 is 35.3 Å². The van der Waals surface area contributed by atoms with Crippen molar-refractivity contribution in [3.05, 3.63) is 11.8 Å². The number of allylic oxidation sites excluding steroid dienone is 1. The summed E-state index contributed by atoms with van der Waals surface area (Å²) >= 11 is 0. The lowest BCUT2D eigenvalue weighted by Crippen LogP contribution is -2.43. The van der Waals surface area contributed by atoms with Crippen molar-refractivity contribution >= 4 is 16.1 Å². The van der Waals surface area contributed by atoms with Gasteiger partial charge >= 0.3 is 21.6 Å². The molecule has 2 rings (SSSR count). The SMILES string of the molecule is COC(=O)[C@@]12CC[C@@H](C=C1OS(=O)(=O)C(F)(F)F)C2(C)C. The van der Waals surface area contributed by atoms with Crippen LogP contribution in [0.2, 0.25) is 0 Å². The zero-order chi connectivity index (χ0) is 16.3. The maximum absolute atomic E-state index is 12.5. The second-order valence-corrected chi connectivity index (χ2v) is 7.32. The van der Waals surface area contributed by atoms with E-state index in [0.717, 1.165) is 7.11 Å². The van der Waals surface area contributed by atoms with Gasteiger partial charge in [0.1, 0.15) is 11.2 Å². The molecule has 0 heterocycles. The molecular formula is C12H15F3O5S. The third-order valence-electron chi connectivity index (χ3n) is 4.65. The summed E-state index contributed by atoms with van der Waals surface area (Å²) < 4.78 is 68.8. The molecule has 0 amide bonds. The summed E-state index contributed by atoms with van der Waals surface area (Å²) in [6.45, 7) is 3.38. The van der Waals surface area contributed by atoms with Crippen LogP contribution in [0.15, 0.2) is 11.8 Å². The highest BCUT2D eigenvalue weighted by atomic mass is 32.2. The Labute approximate surface area is 120 Å². The molecule has 0 aromatic rings. The van der Waals surface area contributed by atoms with Gasteiger partial charge in [-0.2, -0.15) is 21.6 Å². The number of carbonyl (C=O) groups is 1. The van der Waals surface area contributed by atoms with E-state index in [-0.39, 0.29) is 12.3 Å². The second kappa shape index (κ2) is 4.37. The Balaban J connectivity index is 2.47. The first-order valence-corrected chi connectivity index (χ1v) is 7.62. The third-order valence-corrected chi connectivity index (χ3v) is 5.61. The average molecular weight is 328 g/mol. The van der Waals surface area contributed by atoms with Gasteiger partial charge in [0, 0.05) is 0 Å². The van der Waals surface area contributed by atoms with E-state index < -0.39 is 38.2 Å². The Bertz CT molecular complexity index is 605. The summed E-state index contributed by atoms with van der Waals surface area (Å²) in [5, 5.41) is 0. The molecule has 0 spiro atoms. The van der Waals surface area contributed by atoms with E-state index in [1.807, 2.05) is 0 Å². The van der Waals surface area contributed by atoms with Crippen molar-refractivity contribution in [2.45, 2.75) is 32.2 Å². The summed E-state index contributed by atoms with van der Waals surface area (Å²) in [6.07, 6.45) is 2.04. The Morgan fingerprint density at radius 1 is 1.38 bits per heavy atom. The summed E-state index contributed by atoms with van der Waals surface area (Å²) in [4.78, 5) is 12.1. The molecule has 120 valence electrons. The van der Waals surface area contributed by atoms with Crippen molar-refractivity contribution in [1.82, 2.24) is 0 Å². The van der Waals surface area contributed by atoms with E-state index in [4.69, 9.17) is 0 Å². The van der Waals surface area contributed by atoms with E-state index in [1.165, 1.54) is 6.08 Å². The number of ether oxygens (including phenoxy) is 1. The van der Waals surface area contributed by atoms with Gasteiger partial charge in [0.15, 0.2) is 0 Å². The lowest BCUT2D eigenvalue weighted by atomic mass is 9.68. The van der Waals surface area contributed by atoms with Gasteiger partial charge in [0.25, 0.3) is 0 Å². The maximum atomic E-state index is 12.5. The van der Waals surface area contributed by atoms with Crippen LogP contribution >= 0.6 is 0 Å². The number of fused-ring (bicyclic) bond motifs is 2. The molecule has 21 heavy (non-hydrogen) atoms. The summed E-state index contributed by atoms with van der Waals surface area (Å²) in [7, 11) is -4.70. The van der Waals surface area contributed by atoms with Crippen LogP contribution in [0, 0.1) is 16.7 Å². The number of methoxy groups -OCH3 is 1. The molecule has 0 aromatic carbocycles. The lowest BCUT2D eigenvalue weighted by molar-refractivity contribution is -0.157. The van der Waals surface area contributed by atoms with Crippen molar-refractivity contribution in [3.63, 3.8) is 0 Å². The van der Waals surface area contributed by atoms with Crippen LogP contribution in [0.1, 0.15) is 26.7 Å². The second-order valence-electron chi connectivity index (χ2n) is 5.78. The highest BCUT2D eigenvalue weighted by Crippen LogP contribution is 2.66. The van der Waals surface area contributed by atoms with Gasteiger partial charge in [-0.25, -0.2) is 0 Å². The van der Waals surface area contributed by atoms with Crippen molar-refractivity contribution in [1.29, 1.82) is 0 Å². The fourth-order valence-electron chi connectivity index (χ4n) is 3.33. The molecule has 1 saturated carbocycles. The number of alkyl halides is 3. The zero-order valence-electron chi connectivity index (χ0n) is 11.7. The first-order chi connectivity index (χ1) is 9.40. The first kappa shape index (κ1) is 16.1. The maximum Gasteiger partial charge on any atom is 0.534 e. The number of carbonyl (C=O) groups excluding carboxylic acids is 1. The third kappa shape index (κ3) is 1.96. The molecule has 0 aromatic heterocycles. The first-order valence-electron chi connectivity index (χ1n) is 6.21. The minimum Gasteiger partial charge on any atom is -0.468 e. The summed E-state index contributed by atoms with van der Waals surface area (Å²) in [5.74, 6) is -1.50. The molecule has 2 atom stereocenters. The Morgan fingerprint density at radius 3 is 2.38 bits per heavy atom. The summed E-state index contributed by atoms with van der Waals surface area (Å²) in [5.41, 5.74) is -7.81. The van der Waals surface area contributed by atoms with Crippen LogP contribution < -0.4 is 0 Å². The molecule has 0 saturated heterocycles. The van der Waals surface area contributed by atoms with Gasteiger partial charge in [-0.1, -0.05) is 13.8 Å². The van der Waals surface area contributed by atoms with Gasteiger partial charge in [-0.15, -0.1) is 0 Å². The predicted molar refractivity (Wildman–Crippen MR) is 65.1 cm³/mol. The van der Waals surface area contributed by atoms with Crippen LogP contribution in [0.5, 0.6) is 0 Å². The van der Waals surface area contributed by atoms with E-state index in [9.17, 15) is 26.4 Å². The molecule has 1 fully saturated rings. The quantitative estimate of drug-likeness (QED) is 0.452. The number of esters is 1. The number of halogens is 3. The highest BCUT2D eigenvalue weighted by molar-refractivity contribution is 7.87. The Morgan fingerprint density at radius 2 is 1.95 bits per heavy atom. The standard InChI is InChI=1S/C12H15F3O5S/c1-10(2)7-4-5-11(10,9(16)19-3)8(6-7)20-21(17,18)12(13,14)15/h6-7H,4-5H2,1-3H3/t7-,11+/m0/s1. The van der Waals surface area contributed by atoms with Crippen LogP contribution in [0.3, 0.4) is 0 Å². The highest BCUT2D eigenvalue weighted by Gasteiger charge is 2.68. The fraction of sp³-hybridized carbons (Fsp3) is 0.750. The van der Waals surface area contributed by atoms with E-state index in [0.29, 0.717) is 6.42 Å². The number of rotatable bonds is 3. The van der Waals surface area contributed by atoms with Crippen LogP contribution in [-0.4, -0.2) is 27.0 Å². The van der Waals surface area contributed by atoms with E-state index in [1.54, 1.807) is 13.8 Å². The molecule has 2 aliphatic carbocycles. The van der Waals surface area contributed by atoms with Gasteiger partial charge in [-0.05, 0) is 30.3 Å². The van der Waals surface area contributed by atoms with Crippen molar-refractivity contribution in [2.24, 2.45) is 16.7 Å². The van der Waals surface area contributed by atoms with E-state index in [2.05, 4.69) is 8.92 Å². The molecular weight excluding hydrogens is 313 g/mol. The van der Waals surface area contributed by atoms with Crippen LogP contribution in [0.25, 0.3) is 0 Å². The largest absolute Gasteiger partial charge is 0.534 e. The monoisotopic (exact) mass is 328 g/mol. The zero-order valence-corrected chi connectivity index (χ0v) is 12.5. The van der Waals surface area contributed by atoms with Crippen molar-refractivity contribution in [2.75, 3.05) is 7.11 Å². The lowest BCUT2D eigenvalue weighted by Gasteiger charge is -2.36. The Hall–Kier alpha value is -1.25. The topological polar surface area (TPSA) is 69.7 Å².